The van der Waals surface area contributed by atoms with Crippen LogP contribution in [-0.4, -0.2) is 96.7 Å². The number of carbonyl (C=O) groups excluding carboxylic acids is 1. The lowest BCUT2D eigenvalue weighted by molar-refractivity contribution is -0.143. The van der Waals surface area contributed by atoms with Crippen molar-refractivity contribution in [2.45, 2.75) is 388 Å². The van der Waals surface area contributed by atoms with E-state index in [0.717, 1.165) is 17.5 Å². The molecule has 0 aromatic carbocycles. The maximum atomic E-state index is 12.8. The highest BCUT2D eigenvalue weighted by molar-refractivity contribution is 8.00. The Hall–Kier alpha value is -2.04. The third-order valence-electron chi connectivity index (χ3n) is 14.1. The van der Waals surface area contributed by atoms with E-state index in [1.807, 2.05) is 4.90 Å². The molecule has 1 saturated heterocycles. The molecule has 1 fully saturated rings. The van der Waals surface area contributed by atoms with Crippen LogP contribution in [-0.2, 0) is 42.8 Å². The Morgan fingerprint density at radius 2 is 0.825 bits per heavy atom. The zero-order chi connectivity index (χ0) is 64.9. The van der Waals surface area contributed by atoms with Crippen molar-refractivity contribution in [1.29, 1.82) is 0 Å². The van der Waals surface area contributed by atoms with Gasteiger partial charge in [-0.2, -0.15) is 5.10 Å². The van der Waals surface area contributed by atoms with E-state index in [-0.39, 0.29) is 77.5 Å². The molecule has 0 aliphatic carbocycles. The number of aromatic nitrogens is 5. The van der Waals surface area contributed by atoms with Crippen LogP contribution in [0.4, 0.5) is 0 Å². The molecule has 9 nitrogen and oxygen atoms in total. The van der Waals surface area contributed by atoms with Crippen LogP contribution in [0.15, 0.2) is 0 Å². The van der Waals surface area contributed by atoms with E-state index in [0.29, 0.717) is 34.0 Å². The minimum atomic E-state index is -0.146. The van der Waals surface area contributed by atoms with E-state index in [2.05, 4.69) is 331 Å². The van der Waals surface area contributed by atoms with Gasteiger partial charge in [0.1, 0.15) is 11.6 Å². The molecule has 470 valence electrons. The molecule has 0 radical (unpaired) electrons. The summed E-state index contributed by atoms with van der Waals surface area (Å²) in [6.07, 6.45) is 0. The SMILES string of the molecule is CC(C)(C)C1SC(C(C)(C)C)N(C(C)(C)C)C1C(C)(C)C.CC(C)(C)c1nc(C(C)(C)C)c(C(C)(C)C)c(C(C)(C)C)n1.CC(C)(C)c1nc(C(C)(C)C)n(C(C)(C)C)n1.CC(C)N(C(=O)CN(C(C)(C)C)C(C)(C)C)C(C)(C)C. The van der Waals surface area contributed by atoms with Gasteiger partial charge in [-0.15, -0.1) is 11.8 Å². The van der Waals surface area contributed by atoms with Crippen molar-refractivity contribution in [1.82, 2.24) is 39.4 Å². The molecular formula is C70H138N8OS. The smallest absolute Gasteiger partial charge is 0.237 e. The van der Waals surface area contributed by atoms with Crippen LogP contribution >= 0.6 is 11.8 Å². The molecule has 0 N–H and O–H groups in total. The zero-order valence-corrected chi connectivity index (χ0v) is 62.7. The Bertz CT molecular complexity index is 2150. The maximum absolute atomic E-state index is 12.8. The third-order valence-corrected chi connectivity index (χ3v) is 16.6. The first kappa shape index (κ1) is 78.0. The molecule has 80 heavy (non-hydrogen) atoms. The van der Waals surface area contributed by atoms with E-state index >= 15 is 0 Å². The molecule has 0 saturated carbocycles. The zero-order valence-electron chi connectivity index (χ0n) is 61.9. The predicted molar refractivity (Wildman–Crippen MR) is 356 cm³/mol. The molecule has 1 amide bonds. The molecule has 0 bridgehead atoms. The highest BCUT2D eigenvalue weighted by Gasteiger charge is 2.56. The fourth-order valence-corrected chi connectivity index (χ4v) is 13.2. The van der Waals surface area contributed by atoms with Gasteiger partial charge in [-0.25, -0.2) is 19.6 Å². The Labute approximate surface area is 504 Å². The quantitative estimate of drug-likeness (QED) is 0.301. The second-order valence-corrected chi connectivity index (χ2v) is 39.7. The van der Waals surface area contributed by atoms with Gasteiger partial charge in [-0.1, -0.05) is 187 Å². The number of carbonyl (C=O) groups is 1. The second-order valence-electron chi connectivity index (χ2n) is 38.4. The van der Waals surface area contributed by atoms with Crippen LogP contribution in [0, 0.1) is 16.2 Å². The molecule has 3 heterocycles. The first-order valence-corrected chi connectivity index (χ1v) is 31.7. The van der Waals surface area contributed by atoms with Crippen LogP contribution in [0.5, 0.6) is 0 Å². The first-order valence-electron chi connectivity index (χ1n) is 30.8. The van der Waals surface area contributed by atoms with E-state index in [1.54, 1.807) is 0 Å². The number of amides is 1. The van der Waals surface area contributed by atoms with Gasteiger partial charge in [0.15, 0.2) is 5.82 Å². The Morgan fingerprint density at radius 3 is 1.04 bits per heavy atom. The maximum Gasteiger partial charge on any atom is 0.237 e. The van der Waals surface area contributed by atoms with Crippen LogP contribution in [0.2, 0.25) is 0 Å². The fourth-order valence-electron chi connectivity index (χ4n) is 10.8. The minimum Gasteiger partial charge on any atom is -0.334 e. The lowest BCUT2D eigenvalue weighted by atomic mass is 9.73. The average Bonchev–Trinajstić information content (AvgIpc) is 3.80. The normalized spacial score (nSPS) is 18.4. The summed E-state index contributed by atoms with van der Waals surface area (Å²) in [4.78, 5) is 34.8. The van der Waals surface area contributed by atoms with Gasteiger partial charge >= 0.3 is 0 Å². The fraction of sp³-hybridized carbons (Fsp3) is 0.900. The number of hydrogen-bond acceptors (Lipinski definition) is 8. The summed E-state index contributed by atoms with van der Waals surface area (Å²) in [7, 11) is 0. The summed E-state index contributed by atoms with van der Waals surface area (Å²) < 4.78 is 2.08. The molecule has 1 aliphatic heterocycles. The molecule has 1 aliphatic rings. The van der Waals surface area contributed by atoms with Gasteiger partial charge in [0, 0.05) is 72.1 Å². The highest BCUT2D eigenvalue weighted by atomic mass is 32.2. The van der Waals surface area contributed by atoms with Gasteiger partial charge in [0.2, 0.25) is 5.91 Å². The Balaban J connectivity index is 0.00000104. The number of rotatable bonds is 3. The summed E-state index contributed by atoms with van der Waals surface area (Å²) in [6, 6.07) is 0.816. The Morgan fingerprint density at radius 1 is 0.450 bits per heavy atom. The lowest BCUT2D eigenvalue weighted by Crippen LogP contribution is -2.59. The van der Waals surface area contributed by atoms with Gasteiger partial charge in [-0.3, -0.25) is 14.6 Å². The monoisotopic (exact) mass is 1140 g/mol. The molecule has 2 aromatic rings. The van der Waals surface area contributed by atoms with Crippen molar-refractivity contribution in [3.05, 3.63) is 34.4 Å². The molecular weight excluding hydrogens is 1000 g/mol. The number of nitrogens with zero attached hydrogens (tertiary/aromatic N) is 8. The number of hydrogen-bond donors (Lipinski definition) is 0. The van der Waals surface area contributed by atoms with Gasteiger partial charge in [0.25, 0.3) is 0 Å². The van der Waals surface area contributed by atoms with E-state index in [1.165, 1.54) is 17.0 Å². The van der Waals surface area contributed by atoms with Crippen molar-refractivity contribution in [3.63, 3.8) is 0 Å². The average molecular weight is 1140 g/mol. The molecule has 3 unspecified atom stereocenters. The van der Waals surface area contributed by atoms with Crippen LogP contribution in [0.25, 0.3) is 0 Å². The molecule has 2 aromatic heterocycles. The van der Waals surface area contributed by atoms with E-state index < -0.39 is 0 Å². The standard InChI is InChI=1S/C20H36N2.C19H39NS.C17H36N2O.C14H27N3/c1-17(2,3)13-14(18(4,5)6)21-16(20(10,11)12)22-15(13)19(7,8)9;1-16(2,3)13-14(17(4,5)6)21-15(18(7,8)9)20(13)19(10,11)12;1-13(2)19(17(9,10)11)14(20)12-18(15(3,4)5)16(6,7)8;1-12(2,3)10-15-11(13(4,5)6)17(16-10)14(7,8)9/h1-12H3;13-15H,1-12H3;13H,12H2,1-11H3;1-9H3. The van der Waals surface area contributed by atoms with Crippen molar-refractivity contribution in [3.8, 4) is 0 Å². The summed E-state index contributed by atoms with van der Waals surface area (Å²) in [5, 5.41) is 5.97. The topological polar surface area (TPSA) is 83.3 Å². The summed E-state index contributed by atoms with van der Waals surface area (Å²) >= 11 is 2.22. The minimum absolute atomic E-state index is 0.00347. The molecule has 3 rings (SSSR count). The van der Waals surface area contributed by atoms with Crippen molar-refractivity contribution >= 4 is 17.7 Å². The second kappa shape index (κ2) is 25.1. The first-order chi connectivity index (χ1) is 34.3. The summed E-state index contributed by atoms with van der Waals surface area (Å²) in [5.74, 6) is 3.15. The lowest BCUT2D eigenvalue weighted by Gasteiger charge is -2.50. The number of thioether (sulfide) groups is 1. The van der Waals surface area contributed by atoms with Crippen LogP contribution in [0.1, 0.15) is 339 Å². The van der Waals surface area contributed by atoms with Crippen molar-refractivity contribution in [2.24, 2.45) is 16.2 Å². The largest absolute Gasteiger partial charge is 0.334 e. The van der Waals surface area contributed by atoms with Gasteiger partial charge in [-0.05, 0) is 139 Å². The molecule has 3 atom stereocenters. The Kier molecular flexibility index (Phi) is 24.5. The molecule has 10 heteroatoms. The van der Waals surface area contributed by atoms with Crippen LogP contribution in [0.3, 0.4) is 0 Å². The highest BCUT2D eigenvalue weighted by Crippen LogP contribution is 2.56. The van der Waals surface area contributed by atoms with Crippen molar-refractivity contribution in [2.75, 3.05) is 6.54 Å². The van der Waals surface area contributed by atoms with Gasteiger partial charge in [0.05, 0.1) is 28.8 Å². The third kappa shape index (κ3) is 22.4. The molecule has 0 spiro atoms. The van der Waals surface area contributed by atoms with E-state index in [4.69, 9.17) is 20.1 Å². The van der Waals surface area contributed by atoms with E-state index in [9.17, 15) is 4.79 Å². The van der Waals surface area contributed by atoms with Crippen LogP contribution < -0.4 is 0 Å². The summed E-state index contributed by atoms with van der Waals surface area (Å²) in [6.45, 7) is 99.2. The van der Waals surface area contributed by atoms with Crippen molar-refractivity contribution < 1.29 is 4.79 Å². The van der Waals surface area contributed by atoms with Gasteiger partial charge < -0.3 is 4.90 Å². The summed E-state index contributed by atoms with van der Waals surface area (Å²) in [5.41, 5.74) is 4.59. The predicted octanol–water partition coefficient (Wildman–Crippen LogP) is 19.3.